The molecule has 0 aliphatic carbocycles. The van der Waals surface area contributed by atoms with Crippen LogP contribution in [0.5, 0.6) is 0 Å². The first kappa shape index (κ1) is 22.6. The number of thioether (sulfide) groups is 1. The third-order valence-electron chi connectivity index (χ3n) is 4.00. The maximum absolute atomic E-state index is 13.6. The van der Waals surface area contributed by atoms with Crippen LogP contribution in [0.15, 0.2) is 47.4 Å². The van der Waals surface area contributed by atoms with Gasteiger partial charge in [-0.15, -0.1) is 24.2 Å². The molecule has 0 unspecified atom stereocenters. The van der Waals surface area contributed by atoms with E-state index in [4.69, 9.17) is 0 Å². The van der Waals surface area contributed by atoms with Gasteiger partial charge < -0.3 is 4.90 Å². The lowest BCUT2D eigenvalue weighted by molar-refractivity contribution is 0.0982. The minimum absolute atomic E-state index is 0. The van der Waals surface area contributed by atoms with Gasteiger partial charge in [0.25, 0.3) is 5.91 Å². The van der Waals surface area contributed by atoms with Gasteiger partial charge >= 0.3 is 0 Å². The number of fused-ring (bicyclic) bond motifs is 1. The quantitative estimate of drug-likeness (QED) is 0.475. The van der Waals surface area contributed by atoms with Crippen molar-refractivity contribution in [2.75, 3.05) is 37.8 Å². The fourth-order valence-corrected chi connectivity index (χ4v) is 4.47. The van der Waals surface area contributed by atoms with E-state index in [2.05, 4.69) is 11.9 Å². The molecule has 4 nitrogen and oxygen atoms in total. The lowest BCUT2D eigenvalue weighted by Gasteiger charge is -2.23. The first-order valence-corrected chi connectivity index (χ1v) is 10.5. The standard InChI is InChI=1S/C20H22FN3OS2.ClH/c1-4-26-17-8-6-5-7-15(17)19(25)24(12-11-23(2)3)20-22-16-10-9-14(21)13-18(16)27-20;/h5-10,13H,4,11-12H2,1-3H3;1H. The highest BCUT2D eigenvalue weighted by Gasteiger charge is 2.23. The Labute approximate surface area is 179 Å². The van der Waals surface area contributed by atoms with E-state index in [1.54, 1.807) is 22.7 Å². The van der Waals surface area contributed by atoms with Gasteiger partial charge in [-0.1, -0.05) is 30.4 Å². The van der Waals surface area contributed by atoms with Crippen LogP contribution in [0, 0.1) is 5.82 Å². The molecule has 3 aromatic rings. The molecule has 2 aromatic carbocycles. The van der Waals surface area contributed by atoms with Gasteiger partial charge in [0.1, 0.15) is 5.82 Å². The summed E-state index contributed by atoms with van der Waals surface area (Å²) < 4.78 is 14.3. The zero-order valence-electron chi connectivity index (χ0n) is 16.0. The Morgan fingerprint density at radius 3 is 2.64 bits per heavy atom. The van der Waals surface area contributed by atoms with Crippen molar-refractivity contribution in [1.82, 2.24) is 9.88 Å². The number of likely N-dealkylation sites (N-methyl/N-ethyl adjacent to an activating group) is 1. The van der Waals surface area contributed by atoms with E-state index in [1.807, 2.05) is 43.3 Å². The van der Waals surface area contributed by atoms with Crippen molar-refractivity contribution in [2.24, 2.45) is 0 Å². The van der Waals surface area contributed by atoms with Crippen LogP contribution in [0.2, 0.25) is 0 Å². The number of anilines is 1. The van der Waals surface area contributed by atoms with E-state index in [0.717, 1.165) is 15.3 Å². The summed E-state index contributed by atoms with van der Waals surface area (Å²) >= 11 is 2.99. The number of halogens is 2. The Kier molecular flexibility index (Phi) is 8.24. The maximum Gasteiger partial charge on any atom is 0.261 e. The second kappa shape index (κ2) is 10.2. The van der Waals surface area contributed by atoms with Crippen molar-refractivity contribution in [2.45, 2.75) is 11.8 Å². The van der Waals surface area contributed by atoms with Crippen molar-refractivity contribution in [3.63, 3.8) is 0 Å². The number of benzene rings is 2. The molecule has 1 amide bonds. The van der Waals surface area contributed by atoms with Gasteiger partial charge in [-0.25, -0.2) is 9.37 Å². The van der Waals surface area contributed by atoms with E-state index in [-0.39, 0.29) is 24.1 Å². The summed E-state index contributed by atoms with van der Waals surface area (Å²) in [6.07, 6.45) is 0. The highest BCUT2D eigenvalue weighted by molar-refractivity contribution is 7.99. The monoisotopic (exact) mass is 439 g/mol. The highest BCUT2D eigenvalue weighted by Crippen LogP contribution is 2.31. The topological polar surface area (TPSA) is 36.4 Å². The Balaban J connectivity index is 0.00000280. The Bertz CT molecular complexity index is 948. The molecule has 0 saturated heterocycles. The molecule has 0 aliphatic rings. The van der Waals surface area contributed by atoms with Crippen LogP contribution in [0.3, 0.4) is 0 Å². The smallest absolute Gasteiger partial charge is 0.261 e. The fourth-order valence-electron chi connectivity index (χ4n) is 2.66. The minimum Gasteiger partial charge on any atom is -0.308 e. The van der Waals surface area contributed by atoms with Crippen LogP contribution in [-0.4, -0.2) is 48.7 Å². The Morgan fingerprint density at radius 2 is 1.93 bits per heavy atom. The zero-order chi connectivity index (χ0) is 19.4. The van der Waals surface area contributed by atoms with Crippen molar-refractivity contribution in [1.29, 1.82) is 0 Å². The molecule has 0 saturated carbocycles. The van der Waals surface area contributed by atoms with E-state index in [1.165, 1.54) is 23.5 Å². The van der Waals surface area contributed by atoms with Gasteiger partial charge in [-0.05, 0) is 50.2 Å². The summed E-state index contributed by atoms with van der Waals surface area (Å²) in [7, 11) is 3.94. The molecule has 3 rings (SSSR count). The lowest BCUT2D eigenvalue weighted by Crippen LogP contribution is -2.37. The van der Waals surface area contributed by atoms with E-state index in [0.29, 0.717) is 29.3 Å². The number of hydrogen-bond donors (Lipinski definition) is 0. The van der Waals surface area contributed by atoms with Gasteiger partial charge in [-0.3, -0.25) is 9.69 Å². The average molecular weight is 440 g/mol. The van der Waals surface area contributed by atoms with Crippen molar-refractivity contribution < 1.29 is 9.18 Å². The van der Waals surface area contributed by atoms with Crippen molar-refractivity contribution in [3.8, 4) is 0 Å². The second-order valence-electron chi connectivity index (χ2n) is 6.30. The van der Waals surface area contributed by atoms with Gasteiger partial charge in [0.2, 0.25) is 0 Å². The summed E-state index contributed by atoms with van der Waals surface area (Å²) in [5, 5.41) is 0.596. The number of carbonyl (C=O) groups is 1. The summed E-state index contributed by atoms with van der Waals surface area (Å²) in [5.74, 6) is 0.518. The van der Waals surface area contributed by atoms with Crippen LogP contribution in [0.25, 0.3) is 10.2 Å². The van der Waals surface area contributed by atoms with Crippen molar-refractivity contribution in [3.05, 3.63) is 53.8 Å². The molecule has 0 atom stereocenters. The van der Waals surface area contributed by atoms with Gasteiger partial charge in [0.15, 0.2) is 5.13 Å². The summed E-state index contributed by atoms with van der Waals surface area (Å²) in [6.45, 7) is 3.29. The van der Waals surface area contributed by atoms with E-state index in [9.17, 15) is 9.18 Å². The Morgan fingerprint density at radius 1 is 1.18 bits per heavy atom. The van der Waals surface area contributed by atoms with Crippen LogP contribution < -0.4 is 4.90 Å². The largest absolute Gasteiger partial charge is 0.308 e. The molecule has 0 spiro atoms. The SMILES string of the molecule is CCSc1ccccc1C(=O)N(CCN(C)C)c1nc2ccc(F)cc2s1.Cl. The molecule has 0 fully saturated rings. The van der Waals surface area contributed by atoms with Crippen LogP contribution in [0.1, 0.15) is 17.3 Å². The average Bonchev–Trinajstić information content (AvgIpc) is 3.05. The molecule has 0 N–H and O–H groups in total. The minimum atomic E-state index is -0.298. The van der Waals surface area contributed by atoms with Crippen LogP contribution in [0.4, 0.5) is 9.52 Å². The molecule has 150 valence electrons. The van der Waals surface area contributed by atoms with Crippen LogP contribution >= 0.6 is 35.5 Å². The Hall–Kier alpha value is -1.67. The van der Waals surface area contributed by atoms with E-state index < -0.39 is 0 Å². The molecule has 28 heavy (non-hydrogen) atoms. The fraction of sp³-hybridized carbons (Fsp3) is 0.300. The number of carbonyl (C=O) groups excluding carboxylic acids is 1. The summed E-state index contributed by atoms with van der Waals surface area (Å²) in [6, 6.07) is 12.2. The van der Waals surface area contributed by atoms with Crippen LogP contribution in [-0.2, 0) is 0 Å². The number of amides is 1. The lowest BCUT2D eigenvalue weighted by atomic mass is 10.2. The zero-order valence-corrected chi connectivity index (χ0v) is 18.5. The predicted molar refractivity (Wildman–Crippen MR) is 120 cm³/mol. The van der Waals surface area contributed by atoms with Gasteiger partial charge in [0.05, 0.1) is 15.8 Å². The number of hydrogen-bond acceptors (Lipinski definition) is 5. The predicted octanol–water partition coefficient (Wildman–Crippen LogP) is 5.18. The molecule has 1 heterocycles. The van der Waals surface area contributed by atoms with Crippen molar-refractivity contribution >= 4 is 56.8 Å². The van der Waals surface area contributed by atoms with Gasteiger partial charge in [0, 0.05) is 18.0 Å². The number of aromatic nitrogens is 1. The van der Waals surface area contributed by atoms with Gasteiger partial charge in [-0.2, -0.15) is 0 Å². The first-order valence-electron chi connectivity index (χ1n) is 8.74. The molecular weight excluding hydrogens is 417 g/mol. The highest BCUT2D eigenvalue weighted by atomic mass is 35.5. The number of nitrogens with zero attached hydrogens (tertiary/aromatic N) is 3. The molecule has 0 radical (unpaired) electrons. The third kappa shape index (κ3) is 5.23. The molecule has 8 heteroatoms. The third-order valence-corrected chi connectivity index (χ3v) is 6.00. The van der Waals surface area contributed by atoms with E-state index >= 15 is 0 Å². The summed E-state index contributed by atoms with van der Waals surface area (Å²) in [4.78, 5) is 22.7. The second-order valence-corrected chi connectivity index (χ2v) is 8.61. The molecular formula is C20H23ClFN3OS2. The molecule has 0 aliphatic heterocycles. The number of rotatable bonds is 7. The molecule has 1 aromatic heterocycles. The first-order chi connectivity index (χ1) is 13.0. The normalized spacial score (nSPS) is 10.9. The molecule has 0 bridgehead atoms. The number of thiazole rings is 1. The summed E-state index contributed by atoms with van der Waals surface area (Å²) in [5.41, 5.74) is 1.38. The maximum atomic E-state index is 13.6.